The lowest BCUT2D eigenvalue weighted by Gasteiger charge is -2.17. The molecule has 1 aliphatic rings. The first-order valence-corrected chi connectivity index (χ1v) is 15.0. The van der Waals surface area contributed by atoms with E-state index in [-0.39, 0.29) is 43.7 Å². The second-order valence-electron chi connectivity index (χ2n) is 10.7. The molecule has 0 aromatic rings. The van der Waals surface area contributed by atoms with E-state index in [0.29, 0.717) is 32.1 Å². The first kappa shape index (κ1) is 35.0. The summed E-state index contributed by atoms with van der Waals surface area (Å²) in [4.78, 5) is 35.9. The molecule has 0 aromatic carbocycles. The maximum absolute atomic E-state index is 12.3. The van der Waals surface area contributed by atoms with Gasteiger partial charge in [0.15, 0.2) is 0 Å². The van der Waals surface area contributed by atoms with Crippen molar-refractivity contribution in [3.8, 4) is 0 Å². The summed E-state index contributed by atoms with van der Waals surface area (Å²) >= 11 is 0. The van der Waals surface area contributed by atoms with E-state index >= 15 is 0 Å². The average Bonchev–Trinajstić information content (AvgIpc) is 3.18. The number of aliphatic hydroxyl groups is 3. The predicted molar refractivity (Wildman–Crippen MR) is 151 cm³/mol. The second-order valence-corrected chi connectivity index (χ2v) is 10.7. The van der Waals surface area contributed by atoms with Crippen molar-refractivity contribution in [1.82, 2.24) is 0 Å². The maximum Gasteiger partial charge on any atom is 0.305 e. The van der Waals surface area contributed by atoms with E-state index in [4.69, 9.17) is 9.47 Å². The number of carbonyl (C=O) groups excluding carboxylic acids is 3. The maximum atomic E-state index is 12.3. The van der Waals surface area contributed by atoms with E-state index in [1.54, 1.807) is 12.2 Å². The molecule has 0 radical (unpaired) electrons. The van der Waals surface area contributed by atoms with Gasteiger partial charge in [-0.2, -0.15) is 0 Å². The standard InChI is InChI=1S/C31H52O8/c1-3-5-7-8-13-17-30(36)38-22-25(33)23-39-31(37)18-14-10-9-12-16-26-27(29(35)21-28(26)34)20-19-24(32)15-11-6-4-2/h9,12,19-20,24-28,32-34H,3-8,10-11,13-18,21-23H2,1-2H3/b12-9-,20-19+/t24-,25+,26+,27+,28-/m0/s1. The van der Waals surface area contributed by atoms with Crippen LogP contribution in [0.25, 0.3) is 0 Å². The Balaban J connectivity index is 2.22. The Morgan fingerprint density at radius 2 is 1.51 bits per heavy atom. The van der Waals surface area contributed by atoms with Gasteiger partial charge in [-0.15, -0.1) is 0 Å². The fraction of sp³-hybridized carbons (Fsp3) is 0.774. The van der Waals surface area contributed by atoms with Gasteiger partial charge in [0.1, 0.15) is 25.1 Å². The summed E-state index contributed by atoms with van der Waals surface area (Å²) in [7, 11) is 0. The Hall–Kier alpha value is -2.03. The van der Waals surface area contributed by atoms with Crippen molar-refractivity contribution >= 4 is 17.7 Å². The summed E-state index contributed by atoms with van der Waals surface area (Å²) < 4.78 is 10.1. The van der Waals surface area contributed by atoms with Gasteiger partial charge in [0.2, 0.25) is 0 Å². The molecule has 1 rings (SSSR count). The number of hydrogen-bond donors (Lipinski definition) is 3. The highest BCUT2D eigenvalue weighted by molar-refractivity contribution is 5.86. The SMILES string of the molecule is CCCCCCCC(=O)OC[C@@H](O)COC(=O)CCC/C=C\C[C@H]1[C@@H](O)CC(=O)[C@@H]1/C=C/[C@@H](O)CCCCC. The van der Waals surface area contributed by atoms with E-state index in [9.17, 15) is 29.7 Å². The number of Topliss-reactive ketones (excluding diaryl/α,β-unsaturated/α-hetero) is 1. The lowest BCUT2D eigenvalue weighted by molar-refractivity contribution is -0.152. The van der Waals surface area contributed by atoms with Crippen LogP contribution in [0.5, 0.6) is 0 Å². The van der Waals surface area contributed by atoms with Crippen LogP contribution in [0.1, 0.15) is 110 Å². The molecule has 1 fully saturated rings. The lowest BCUT2D eigenvalue weighted by atomic mass is 9.90. The van der Waals surface area contributed by atoms with Gasteiger partial charge >= 0.3 is 11.9 Å². The van der Waals surface area contributed by atoms with Gasteiger partial charge in [-0.05, 0) is 32.1 Å². The predicted octanol–water partition coefficient (Wildman–Crippen LogP) is 4.97. The molecule has 3 N–H and O–H groups in total. The topological polar surface area (TPSA) is 130 Å². The van der Waals surface area contributed by atoms with Crippen LogP contribution in [0.3, 0.4) is 0 Å². The van der Waals surface area contributed by atoms with Gasteiger partial charge < -0.3 is 24.8 Å². The van der Waals surface area contributed by atoms with Gasteiger partial charge in [0.05, 0.1) is 12.2 Å². The number of ether oxygens (including phenoxy) is 2. The number of hydrogen-bond acceptors (Lipinski definition) is 8. The summed E-state index contributed by atoms with van der Waals surface area (Å²) in [5.74, 6) is -1.38. The van der Waals surface area contributed by atoms with Crippen LogP contribution in [-0.4, -0.2) is 64.6 Å². The molecular weight excluding hydrogens is 500 g/mol. The van der Waals surface area contributed by atoms with Crippen molar-refractivity contribution in [3.05, 3.63) is 24.3 Å². The first-order valence-electron chi connectivity index (χ1n) is 15.0. The van der Waals surface area contributed by atoms with Crippen LogP contribution in [0.15, 0.2) is 24.3 Å². The zero-order valence-electron chi connectivity index (χ0n) is 24.1. The average molecular weight is 553 g/mol. The van der Waals surface area contributed by atoms with Crippen molar-refractivity contribution in [2.75, 3.05) is 13.2 Å². The Kier molecular flexibility index (Phi) is 19.5. The Morgan fingerprint density at radius 1 is 0.897 bits per heavy atom. The van der Waals surface area contributed by atoms with Gasteiger partial charge in [-0.25, -0.2) is 0 Å². The number of ketones is 1. The van der Waals surface area contributed by atoms with Crippen molar-refractivity contribution in [2.24, 2.45) is 11.8 Å². The molecule has 8 heteroatoms. The summed E-state index contributed by atoms with van der Waals surface area (Å²) in [6.45, 7) is 3.84. The normalized spacial score (nSPS) is 21.1. The molecule has 1 saturated carbocycles. The monoisotopic (exact) mass is 552 g/mol. The third kappa shape index (κ3) is 16.6. The van der Waals surface area contributed by atoms with E-state index in [0.717, 1.165) is 51.4 Å². The molecule has 224 valence electrons. The molecular formula is C31H52O8. The summed E-state index contributed by atoms with van der Waals surface area (Å²) in [6.07, 6.45) is 16.3. The Bertz CT molecular complexity index is 747. The lowest BCUT2D eigenvalue weighted by Crippen LogP contribution is -2.25. The summed E-state index contributed by atoms with van der Waals surface area (Å²) in [5, 5.41) is 30.3. The molecule has 8 nitrogen and oxygen atoms in total. The zero-order valence-corrected chi connectivity index (χ0v) is 24.1. The number of carbonyl (C=O) groups is 3. The molecule has 0 spiro atoms. The number of unbranched alkanes of at least 4 members (excludes halogenated alkanes) is 7. The van der Waals surface area contributed by atoms with Crippen LogP contribution in [0.2, 0.25) is 0 Å². The van der Waals surface area contributed by atoms with Crippen molar-refractivity contribution < 1.29 is 39.2 Å². The largest absolute Gasteiger partial charge is 0.463 e. The van der Waals surface area contributed by atoms with Crippen LogP contribution < -0.4 is 0 Å². The first-order chi connectivity index (χ1) is 18.8. The third-order valence-corrected chi connectivity index (χ3v) is 7.07. The fourth-order valence-corrected chi connectivity index (χ4v) is 4.65. The molecule has 0 aromatic heterocycles. The summed E-state index contributed by atoms with van der Waals surface area (Å²) in [6, 6.07) is 0. The minimum Gasteiger partial charge on any atom is -0.463 e. The van der Waals surface area contributed by atoms with E-state index in [2.05, 4.69) is 13.8 Å². The van der Waals surface area contributed by atoms with Crippen LogP contribution in [-0.2, 0) is 23.9 Å². The minimum atomic E-state index is -1.04. The van der Waals surface area contributed by atoms with Crippen LogP contribution >= 0.6 is 0 Å². The number of rotatable bonds is 22. The van der Waals surface area contributed by atoms with Crippen molar-refractivity contribution in [2.45, 2.75) is 128 Å². The third-order valence-electron chi connectivity index (χ3n) is 7.07. The molecule has 0 aliphatic heterocycles. The highest BCUT2D eigenvalue weighted by Crippen LogP contribution is 2.33. The van der Waals surface area contributed by atoms with Gasteiger partial charge in [-0.3, -0.25) is 14.4 Å². The molecule has 0 heterocycles. The van der Waals surface area contributed by atoms with Gasteiger partial charge in [0.25, 0.3) is 0 Å². The zero-order chi connectivity index (χ0) is 28.9. The van der Waals surface area contributed by atoms with Gasteiger partial charge in [0, 0.05) is 31.1 Å². The van der Waals surface area contributed by atoms with E-state index in [1.807, 2.05) is 12.2 Å². The fourth-order valence-electron chi connectivity index (χ4n) is 4.65. The highest BCUT2D eigenvalue weighted by atomic mass is 16.6. The molecule has 0 saturated heterocycles. The number of esters is 2. The molecule has 5 atom stereocenters. The molecule has 0 bridgehead atoms. The minimum absolute atomic E-state index is 0.0000150. The van der Waals surface area contributed by atoms with E-state index in [1.165, 1.54) is 0 Å². The smallest absolute Gasteiger partial charge is 0.305 e. The van der Waals surface area contributed by atoms with Crippen LogP contribution in [0.4, 0.5) is 0 Å². The summed E-state index contributed by atoms with van der Waals surface area (Å²) in [5.41, 5.74) is 0. The molecule has 39 heavy (non-hydrogen) atoms. The van der Waals surface area contributed by atoms with Crippen molar-refractivity contribution in [3.63, 3.8) is 0 Å². The number of aliphatic hydroxyl groups excluding tert-OH is 3. The van der Waals surface area contributed by atoms with Gasteiger partial charge in [-0.1, -0.05) is 83.1 Å². The van der Waals surface area contributed by atoms with E-state index < -0.39 is 30.2 Å². The molecule has 0 amide bonds. The molecule has 0 unspecified atom stereocenters. The molecule has 1 aliphatic carbocycles. The Labute approximate surface area is 234 Å². The second kappa shape index (κ2) is 21.8. The van der Waals surface area contributed by atoms with Crippen molar-refractivity contribution in [1.29, 1.82) is 0 Å². The van der Waals surface area contributed by atoms with Crippen LogP contribution in [0, 0.1) is 11.8 Å². The Morgan fingerprint density at radius 3 is 2.18 bits per heavy atom. The quantitative estimate of drug-likeness (QED) is 0.0974. The highest BCUT2D eigenvalue weighted by Gasteiger charge is 2.39. The number of allylic oxidation sites excluding steroid dienone is 3.